The van der Waals surface area contributed by atoms with Crippen molar-refractivity contribution in [1.82, 2.24) is 5.32 Å². The van der Waals surface area contributed by atoms with Crippen molar-refractivity contribution < 1.29 is 9.90 Å². The maximum atomic E-state index is 13.2. The number of hydrogen-bond acceptors (Lipinski definition) is 4. The zero-order valence-corrected chi connectivity index (χ0v) is 14.9. The Balaban J connectivity index is 1.50. The van der Waals surface area contributed by atoms with Crippen molar-refractivity contribution in [2.75, 3.05) is 13.1 Å². The van der Waals surface area contributed by atoms with Gasteiger partial charge in [-0.3, -0.25) is 4.79 Å². The molecule has 0 bridgehead atoms. The van der Waals surface area contributed by atoms with Gasteiger partial charge in [-0.2, -0.15) is 0 Å². The molecule has 1 saturated heterocycles. The van der Waals surface area contributed by atoms with Gasteiger partial charge in [0, 0.05) is 17.4 Å². The van der Waals surface area contributed by atoms with Gasteiger partial charge >= 0.3 is 0 Å². The number of carbonyl (C=O) groups excluding carboxylic acids is 1. The molecule has 0 aromatic heterocycles. The molecule has 1 aliphatic heterocycles. The van der Waals surface area contributed by atoms with Crippen LogP contribution in [-0.4, -0.2) is 30.0 Å². The quantitative estimate of drug-likeness (QED) is 0.447. The minimum absolute atomic E-state index is 0.0757. The molecule has 1 aromatic rings. The minimum Gasteiger partial charge on any atom is -0.377 e. The molecule has 1 heterocycles. The number of rotatable bonds is 7. The lowest BCUT2D eigenvalue weighted by Crippen LogP contribution is -2.42. The highest BCUT2D eigenvalue weighted by molar-refractivity contribution is 5.88. The fraction of sp³-hybridized carbons (Fsp3) is 0.650. The summed E-state index contributed by atoms with van der Waals surface area (Å²) in [5.41, 5.74) is 7.90. The van der Waals surface area contributed by atoms with Gasteiger partial charge in [-0.15, -0.1) is 0 Å². The Kier molecular flexibility index (Phi) is 4.74. The Morgan fingerprint density at radius 1 is 1.27 bits per heavy atom. The number of hydrogen-bond donors (Lipinski definition) is 2. The number of nitrogens with zero attached hydrogens (tertiary/aromatic N) is 3. The van der Waals surface area contributed by atoms with Gasteiger partial charge in [0.25, 0.3) is 0 Å². The van der Waals surface area contributed by atoms with Gasteiger partial charge in [-0.05, 0) is 73.5 Å². The predicted octanol–water partition coefficient (Wildman–Crippen LogP) is 3.17. The van der Waals surface area contributed by atoms with E-state index >= 15 is 0 Å². The fourth-order valence-electron chi connectivity index (χ4n) is 5.29. The second-order valence-electron chi connectivity index (χ2n) is 8.11. The molecule has 2 N–H and O–H groups in total. The van der Waals surface area contributed by atoms with Crippen LogP contribution in [0.1, 0.15) is 37.7 Å². The van der Waals surface area contributed by atoms with E-state index in [-0.39, 0.29) is 17.7 Å². The molecule has 138 valence electrons. The maximum absolute atomic E-state index is 13.2. The molecule has 0 radical (unpaired) electrons. The lowest BCUT2D eigenvalue weighted by molar-refractivity contribution is -0.145. The summed E-state index contributed by atoms with van der Waals surface area (Å²) in [6.07, 6.45) is 3.30. The van der Waals surface area contributed by atoms with E-state index in [1.54, 1.807) is 0 Å². The van der Waals surface area contributed by atoms with Crippen molar-refractivity contribution in [2.45, 2.75) is 43.7 Å². The maximum Gasteiger partial charge on any atom is 0.169 e. The van der Waals surface area contributed by atoms with E-state index in [9.17, 15) is 9.90 Å². The topological polar surface area (TPSA) is 98.1 Å². The molecule has 3 aliphatic rings. The average Bonchev–Trinajstić information content (AvgIpc) is 3.03. The molecule has 0 spiro atoms. The van der Waals surface area contributed by atoms with Crippen molar-refractivity contribution >= 4 is 5.78 Å². The number of benzene rings is 1. The summed E-state index contributed by atoms with van der Waals surface area (Å²) in [6.45, 7) is 2.14. The zero-order valence-electron chi connectivity index (χ0n) is 14.9. The van der Waals surface area contributed by atoms with E-state index in [1.165, 1.54) is 0 Å². The summed E-state index contributed by atoms with van der Waals surface area (Å²) >= 11 is 0. The van der Waals surface area contributed by atoms with Crippen molar-refractivity contribution in [3.8, 4) is 0 Å². The highest BCUT2D eigenvalue weighted by Gasteiger charge is 2.53. The molecular formula is C20H26N4O2. The van der Waals surface area contributed by atoms with Crippen LogP contribution in [0.25, 0.3) is 10.4 Å². The Bertz CT molecular complexity index is 708. The van der Waals surface area contributed by atoms with Crippen LogP contribution in [0.15, 0.2) is 35.4 Å². The second-order valence-corrected chi connectivity index (χ2v) is 8.11. The van der Waals surface area contributed by atoms with Crippen molar-refractivity contribution in [3.05, 3.63) is 46.3 Å². The lowest BCUT2D eigenvalue weighted by Gasteiger charge is -2.33. The van der Waals surface area contributed by atoms with Crippen LogP contribution in [0.4, 0.5) is 0 Å². The molecule has 6 atom stereocenters. The summed E-state index contributed by atoms with van der Waals surface area (Å²) in [5, 5.41) is 18.8. The molecule has 3 fully saturated rings. The number of azide groups is 1. The number of Topliss-reactive ketones (excluding diaryl/α,β-unsaturated/α-hetero) is 1. The lowest BCUT2D eigenvalue weighted by atomic mass is 9.75. The number of nitrogens with one attached hydrogen (secondary N) is 1. The molecule has 2 saturated carbocycles. The van der Waals surface area contributed by atoms with Crippen LogP contribution < -0.4 is 5.32 Å². The largest absolute Gasteiger partial charge is 0.377 e. The fourth-order valence-corrected chi connectivity index (χ4v) is 5.29. The predicted molar refractivity (Wildman–Crippen MR) is 98.2 cm³/mol. The summed E-state index contributed by atoms with van der Waals surface area (Å²) < 4.78 is 0. The molecule has 6 nitrogen and oxygen atoms in total. The molecule has 6 heteroatoms. The summed E-state index contributed by atoms with van der Waals surface area (Å²) in [4.78, 5) is 16.1. The number of piperidine rings is 1. The van der Waals surface area contributed by atoms with Crippen LogP contribution in [0.3, 0.4) is 0 Å². The van der Waals surface area contributed by atoms with E-state index in [0.29, 0.717) is 30.7 Å². The van der Waals surface area contributed by atoms with Gasteiger partial charge in [-0.25, -0.2) is 0 Å². The molecule has 0 amide bonds. The number of aliphatic hydroxyl groups is 1. The molecule has 2 aliphatic carbocycles. The first-order valence-electron chi connectivity index (χ1n) is 9.70. The Morgan fingerprint density at radius 3 is 2.69 bits per heavy atom. The van der Waals surface area contributed by atoms with Gasteiger partial charge in [0.05, 0.1) is 0 Å². The van der Waals surface area contributed by atoms with Crippen LogP contribution in [0, 0.1) is 23.7 Å². The van der Waals surface area contributed by atoms with E-state index in [4.69, 9.17) is 5.53 Å². The van der Waals surface area contributed by atoms with E-state index < -0.39 is 5.60 Å². The van der Waals surface area contributed by atoms with Gasteiger partial charge in [-0.1, -0.05) is 35.4 Å². The van der Waals surface area contributed by atoms with E-state index in [1.807, 2.05) is 30.3 Å². The standard InChI is InChI=1S/C20H26N4O2/c21-24-23-15-7-6-14(10-15)20(26,13-4-2-1-3-5-13)19(25)9-8-16-17-11-22-12-18(16)17/h1-5,14-18,22,26H,6-12H2/t14?,15?,16-,17-,18+,20-/m0/s1. The van der Waals surface area contributed by atoms with Gasteiger partial charge in [0.2, 0.25) is 0 Å². The third-order valence-corrected chi connectivity index (χ3v) is 6.82. The van der Waals surface area contributed by atoms with Crippen LogP contribution in [0.2, 0.25) is 0 Å². The first kappa shape index (κ1) is 17.5. The van der Waals surface area contributed by atoms with Crippen LogP contribution in [-0.2, 0) is 10.4 Å². The third kappa shape index (κ3) is 3.02. The van der Waals surface area contributed by atoms with E-state index in [0.717, 1.165) is 37.8 Å². The van der Waals surface area contributed by atoms with Crippen molar-refractivity contribution in [3.63, 3.8) is 0 Å². The zero-order chi connectivity index (χ0) is 18.1. The third-order valence-electron chi connectivity index (χ3n) is 6.82. The Labute approximate surface area is 153 Å². The van der Waals surface area contributed by atoms with Gasteiger partial charge < -0.3 is 10.4 Å². The normalized spacial score (nSPS) is 34.6. The van der Waals surface area contributed by atoms with Crippen molar-refractivity contribution in [1.29, 1.82) is 0 Å². The molecular weight excluding hydrogens is 328 g/mol. The van der Waals surface area contributed by atoms with Gasteiger partial charge in [0.1, 0.15) is 0 Å². The average molecular weight is 354 g/mol. The smallest absolute Gasteiger partial charge is 0.169 e. The second kappa shape index (κ2) is 7.03. The molecule has 2 unspecified atom stereocenters. The first-order chi connectivity index (χ1) is 12.6. The summed E-state index contributed by atoms with van der Waals surface area (Å²) in [5.74, 6) is 1.84. The number of fused-ring (bicyclic) bond motifs is 1. The van der Waals surface area contributed by atoms with E-state index in [2.05, 4.69) is 15.3 Å². The minimum atomic E-state index is -1.47. The SMILES string of the molecule is [N-]=[N+]=NC1CCC([C@](O)(C(=O)CC[C@@H]2[C@H]3CNC[C@@H]23)c2ccccc2)C1. The Morgan fingerprint density at radius 2 is 2.00 bits per heavy atom. The highest BCUT2D eigenvalue weighted by Crippen LogP contribution is 2.52. The molecule has 26 heavy (non-hydrogen) atoms. The molecule has 1 aromatic carbocycles. The van der Waals surface area contributed by atoms with Crippen LogP contribution in [0.5, 0.6) is 0 Å². The Hall–Kier alpha value is -1.88. The number of ketones is 1. The molecule has 4 rings (SSSR count). The van der Waals surface area contributed by atoms with Crippen LogP contribution >= 0.6 is 0 Å². The van der Waals surface area contributed by atoms with Gasteiger partial charge in [0.15, 0.2) is 11.4 Å². The first-order valence-corrected chi connectivity index (χ1v) is 9.70. The number of carbonyl (C=O) groups is 1. The highest BCUT2D eigenvalue weighted by atomic mass is 16.3. The summed E-state index contributed by atoms with van der Waals surface area (Å²) in [7, 11) is 0. The summed E-state index contributed by atoms with van der Waals surface area (Å²) in [6, 6.07) is 9.18. The van der Waals surface area contributed by atoms with Crippen molar-refractivity contribution in [2.24, 2.45) is 28.8 Å². The monoisotopic (exact) mass is 354 g/mol.